The molecule has 0 radical (unpaired) electrons. The molecule has 0 spiro atoms. The normalized spacial score (nSPS) is 15.6. The van der Waals surface area contributed by atoms with Gasteiger partial charge in [-0.3, -0.25) is 0 Å². The van der Waals surface area contributed by atoms with Gasteiger partial charge in [-0.2, -0.15) is 0 Å². The molecule has 6 aromatic carbocycles. The van der Waals surface area contributed by atoms with E-state index < -0.39 is 0 Å². The summed E-state index contributed by atoms with van der Waals surface area (Å²) < 4.78 is 8.38. The third-order valence-electron chi connectivity index (χ3n) is 8.34. The number of fused-ring (bicyclic) bond motifs is 4. The predicted molar refractivity (Wildman–Crippen MR) is 225 cm³/mol. The molecule has 0 fully saturated rings. The molecule has 0 amide bonds. The third kappa shape index (κ3) is 5.18. The van der Waals surface area contributed by atoms with Crippen LogP contribution in [0, 0.1) is 10.4 Å². The van der Waals surface area contributed by atoms with Gasteiger partial charge in [-0.1, -0.05) is 144 Å². The van der Waals surface area contributed by atoms with Crippen LogP contribution in [-0.4, -0.2) is 25.0 Å². The van der Waals surface area contributed by atoms with Crippen molar-refractivity contribution >= 4 is 146 Å². The van der Waals surface area contributed by atoms with Crippen molar-refractivity contribution in [1.29, 1.82) is 0 Å². The molecule has 2 aliphatic heterocycles. The molecule has 0 saturated heterocycles. The number of benzene rings is 6. The predicted octanol–water partition coefficient (Wildman–Crippen LogP) is 12.4. The molecule has 2 aliphatic rings. The lowest BCUT2D eigenvalue weighted by Gasteiger charge is -2.13. The Morgan fingerprint density at radius 3 is 0.696 bits per heavy atom. The molecule has 228 valence electrons. The largest absolute Gasteiger partial charge is 0.121 e. The van der Waals surface area contributed by atoms with Crippen LogP contribution in [0.15, 0.2) is 114 Å². The standard InChI is InChI=1S/C38H28S8/c1-39-35-36(40-2)44-33(43-35)31-25-17-9-5-13-21(25)29(22-14-6-10-18-26(22)31)30-23-15-7-11-19-27(23)32(28-20-12-8-16-24(28)30)34-45-37(41-3)38(42-4)46-34/h5-20H,1-4H3. The molecular weight excluding hydrogens is 713 g/mol. The Morgan fingerprint density at radius 1 is 0.304 bits per heavy atom. The van der Waals surface area contributed by atoms with Crippen molar-refractivity contribution in [3.05, 3.63) is 135 Å². The van der Waals surface area contributed by atoms with Gasteiger partial charge in [0.1, 0.15) is 0 Å². The molecule has 0 nitrogen and oxygen atoms in total. The monoisotopic (exact) mass is 740 g/mol. The Morgan fingerprint density at radius 2 is 0.500 bits per heavy atom. The first-order chi connectivity index (χ1) is 22.7. The highest BCUT2D eigenvalue weighted by atomic mass is 32.3. The summed E-state index contributed by atoms with van der Waals surface area (Å²) in [5.74, 6) is 0. The second-order valence-corrected chi connectivity index (χ2v) is 19.5. The van der Waals surface area contributed by atoms with E-state index in [9.17, 15) is 0 Å². The van der Waals surface area contributed by atoms with Crippen molar-refractivity contribution in [2.45, 2.75) is 0 Å². The van der Waals surface area contributed by atoms with Crippen molar-refractivity contribution in [3.63, 3.8) is 0 Å². The molecule has 8 rings (SSSR count). The second kappa shape index (κ2) is 13.4. The quantitative estimate of drug-likeness (QED) is 0.162. The summed E-state index contributed by atoms with van der Waals surface area (Å²) >= 11 is 15.2. The van der Waals surface area contributed by atoms with Crippen LogP contribution < -0.4 is 10.4 Å². The summed E-state index contributed by atoms with van der Waals surface area (Å²) in [4.78, 5) is 0. The highest BCUT2D eigenvalue weighted by Gasteiger charge is 2.24. The maximum atomic E-state index is 2.35. The fourth-order valence-corrected chi connectivity index (χ4v) is 16.7. The van der Waals surface area contributed by atoms with E-state index in [1.165, 1.54) is 89.4 Å². The molecule has 46 heavy (non-hydrogen) atoms. The fourth-order valence-electron chi connectivity index (χ4n) is 6.48. The maximum Gasteiger partial charge on any atom is 0.0657 e. The third-order valence-corrected chi connectivity index (χ3v) is 18.8. The summed E-state index contributed by atoms with van der Waals surface area (Å²) in [5.41, 5.74) is 0. The number of thioether (sulfide) groups is 8. The van der Waals surface area contributed by atoms with E-state index in [0.29, 0.717) is 0 Å². The van der Waals surface area contributed by atoms with Crippen molar-refractivity contribution < 1.29 is 0 Å². The van der Waals surface area contributed by atoms with E-state index in [1.807, 2.05) is 94.1 Å². The lowest BCUT2D eigenvalue weighted by atomic mass is 9.92. The van der Waals surface area contributed by atoms with Gasteiger partial charge in [0.15, 0.2) is 0 Å². The topological polar surface area (TPSA) is 0 Å². The van der Waals surface area contributed by atoms with E-state index in [2.05, 4.69) is 122 Å². The second-order valence-electron chi connectivity index (χ2n) is 10.6. The van der Waals surface area contributed by atoms with Crippen molar-refractivity contribution in [1.82, 2.24) is 0 Å². The molecular formula is C38H28S8. The van der Waals surface area contributed by atoms with Crippen molar-refractivity contribution in [2.75, 3.05) is 25.0 Å². The number of hydrogen-bond donors (Lipinski definition) is 0. The first-order valence-corrected chi connectivity index (χ1v) is 22.8. The molecule has 0 saturated carbocycles. The lowest BCUT2D eigenvalue weighted by Crippen LogP contribution is -2.09. The Kier molecular flexibility index (Phi) is 9.18. The van der Waals surface area contributed by atoms with Gasteiger partial charge in [0.25, 0.3) is 0 Å². The lowest BCUT2D eigenvalue weighted by molar-refractivity contribution is 1.62. The van der Waals surface area contributed by atoms with Crippen LogP contribution >= 0.6 is 94.1 Å². The summed E-state index contributed by atoms with van der Waals surface area (Å²) in [7, 11) is 0. The van der Waals surface area contributed by atoms with Gasteiger partial charge in [0.2, 0.25) is 0 Å². The molecule has 0 unspecified atom stereocenters. The van der Waals surface area contributed by atoms with Gasteiger partial charge in [-0.05, 0) is 78.6 Å². The Bertz CT molecular complexity index is 2190. The molecule has 0 N–H and O–H groups in total. The average Bonchev–Trinajstić information content (AvgIpc) is 3.73. The van der Waals surface area contributed by atoms with Gasteiger partial charge in [0, 0.05) is 10.4 Å². The SMILES string of the molecule is CSC1=C(SC)SC(=c2c3ccccc3c(=c3c4ccccc4c(=C4SC(SC)=C(SC)S4)c4ccccc34)c3ccccc23)S1. The van der Waals surface area contributed by atoms with Crippen molar-refractivity contribution in [2.24, 2.45) is 0 Å². The highest BCUT2D eigenvalue weighted by Crippen LogP contribution is 2.58. The molecule has 0 aromatic heterocycles. The van der Waals surface area contributed by atoms with Crippen LogP contribution in [-0.2, 0) is 0 Å². The zero-order valence-electron chi connectivity index (χ0n) is 25.5. The summed E-state index contributed by atoms with van der Waals surface area (Å²) in [5, 5.41) is 15.9. The van der Waals surface area contributed by atoms with Crippen LogP contribution in [0.2, 0.25) is 0 Å². The van der Waals surface area contributed by atoms with E-state index in [4.69, 9.17) is 0 Å². The Balaban J connectivity index is 1.64. The van der Waals surface area contributed by atoms with E-state index in [0.717, 1.165) is 0 Å². The van der Waals surface area contributed by atoms with Gasteiger partial charge < -0.3 is 0 Å². The van der Waals surface area contributed by atoms with Crippen LogP contribution in [0.5, 0.6) is 0 Å². The van der Waals surface area contributed by atoms with Gasteiger partial charge in [-0.15, -0.1) is 47.0 Å². The van der Waals surface area contributed by atoms with Crippen molar-refractivity contribution in [3.8, 4) is 0 Å². The molecule has 8 heteroatoms. The van der Waals surface area contributed by atoms with Crippen LogP contribution in [0.4, 0.5) is 0 Å². The van der Waals surface area contributed by atoms with E-state index in [1.54, 1.807) is 0 Å². The molecule has 6 aromatic rings. The zero-order valence-corrected chi connectivity index (χ0v) is 32.0. The Labute approximate surface area is 302 Å². The number of rotatable bonds is 4. The van der Waals surface area contributed by atoms with Crippen LogP contribution in [0.3, 0.4) is 0 Å². The smallest absolute Gasteiger partial charge is 0.0657 e. The zero-order chi connectivity index (χ0) is 31.4. The molecule has 2 heterocycles. The van der Waals surface area contributed by atoms with Crippen LogP contribution in [0.25, 0.3) is 51.6 Å². The fraction of sp³-hybridized carbons (Fsp3) is 0.105. The molecule has 0 aliphatic carbocycles. The average molecular weight is 741 g/mol. The van der Waals surface area contributed by atoms with Gasteiger partial charge in [0.05, 0.1) is 25.4 Å². The summed E-state index contributed by atoms with van der Waals surface area (Å²) in [6.45, 7) is 0. The minimum Gasteiger partial charge on any atom is -0.121 e. The van der Waals surface area contributed by atoms with Gasteiger partial charge >= 0.3 is 0 Å². The molecule has 0 atom stereocenters. The van der Waals surface area contributed by atoms with Crippen LogP contribution in [0.1, 0.15) is 0 Å². The summed E-state index contributed by atoms with van der Waals surface area (Å²) in [6.07, 6.45) is 8.79. The van der Waals surface area contributed by atoms with E-state index >= 15 is 0 Å². The molecule has 0 bridgehead atoms. The minimum absolute atomic E-state index is 1.31. The maximum absolute atomic E-state index is 2.35. The first kappa shape index (κ1) is 31.6. The number of hydrogen-bond acceptors (Lipinski definition) is 8. The Hall–Kier alpha value is -1.62. The van der Waals surface area contributed by atoms with Gasteiger partial charge in [-0.25, -0.2) is 0 Å². The minimum atomic E-state index is 1.31. The highest BCUT2D eigenvalue weighted by molar-refractivity contribution is 8.46. The van der Waals surface area contributed by atoms with E-state index in [-0.39, 0.29) is 0 Å². The summed E-state index contributed by atoms with van der Waals surface area (Å²) in [6, 6.07) is 36.4. The first-order valence-electron chi connectivity index (χ1n) is 14.6.